The molecule has 0 unspecified atom stereocenters. The van der Waals surface area contributed by atoms with Crippen molar-refractivity contribution < 1.29 is 18.3 Å². The number of anilines is 2. The molecule has 0 fully saturated rings. The number of aromatic nitrogens is 2. The zero-order valence-corrected chi connectivity index (χ0v) is 11.3. The van der Waals surface area contributed by atoms with Crippen molar-refractivity contribution in [2.45, 2.75) is 32.4 Å². The SMILES string of the molecule is CCCNc1cc(NCCCCO)nc(C(F)(F)F)n1. The molecule has 0 radical (unpaired) electrons. The Morgan fingerprint density at radius 2 is 1.70 bits per heavy atom. The number of nitrogens with zero attached hydrogens (tertiary/aromatic N) is 2. The van der Waals surface area contributed by atoms with E-state index in [2.05, 4.69) is 20.6 Å². The summed E-state index contributed by atoms with van der Waals surface area (Å²) >= 11 is 0. The number of aliphatic hydroxyl groups is 1. The number of unbranched alkanes of at least 4 members (excludes halogenated alkanes) is 1. The number of hydrogen-bond donors (Lipinski definition) is 3. The first-order chi connectivity index (χ1) is 9.47. The van der Waals surface area contributed by atoms with E-state index in [1.807, 2.05) is 6.92 Å². The molecule has 0 atom stereocenters. The fourth-order valence-electron chi connectivity index (χ4n) is 1.46. The number of rotatable bonds is 8. The molecule has 0 aliphatic heterocycles. The second-order valence-electron chi connectivity index (χ2n) is 4.24. The molecular weight excluding hydrogens is 273 g/mol. The second kappa shape index (κ2) is 7.88. The van der Waals surface area contributed by atoms with E-state index in [1.165, 1.54) is 6.07 Å². The first-order valence-corrected chi connectivity index (χ1v) is 6.52. The van der Waals surface area contributed by atoms with Crippen LogP contribution in [0.2, 0.25) is 0 Å². The first-order valence-electron chi connectivity index (χ1n) is 6.52. The number of halogens is 3. The predicted octanol–water partition coefficient (Wildman–Crippen LogP) is 2.50. The van der Waals surface area contributed by atoms with E-state index in [0.29, 0.717) is 25.9 Å². The lowest BCUT2D eigenvalue weighted by Crippen LogP contribution is -2.16. The molecule has 8 heteroatoms. The Morgan fingerprint density at radius 1 is 1.10 bits per heavy atom. The monoisotopic (exact) mass is 292 g/mol. The lowest BCUT2D eigenvalue weighted by molar-refractivity contribution is -0.144. The van der Waals surface area contributed by atoms with Crippen LogP contribution < -0.4 is 10.6 Å². The normalized spacial score (nSPS) is 11.4. The Bertz CT molecular complexity index is 412. The van der Waals surface area contributed by atoms with E-state index >= 15 is 0 Å². The van der Waals surface area contributed by atoms with E-state index in [-0.39, 0.29) is 18.2 Å². The average Bonchev–Trinajstić information content (AvgIpc) is 2.40. The molecule has 114 valence electrons. The van der Waals surface area contributed by atoms with Crippen LogP contribution in [0.5, 0.6) is 0 Å². The second-order valence-corrected chi connectivity index (χ2v) is 4.24. The molecule has 0 bridgehead atoms. The Hall–Kier alpha value is -1.57. The summed E-state index contributed by atoms with van der Waals surface area (Å²) in [5.41, 5.74) is 0. The highest BCUT2D eigenvalue weighted by Gasteiger charge is 2.35. The quantitative estimate of drug-likeness (QED) is 0.642. The van der Waals surface area contributed by atoms with Crippen LogP contribution in [-0.4, -0.2) is 34.8 Å². The summed E-state index contributed by atoms with van der Waals surface area (Å²) in [6, 6.07) is 1.45. The van der Waals surface area contributed by atoms with Gasteiger partial charge in [-0.3, -0.25) is 0 Å². The van der Waals surface area contributed by atoms with Gasteiger partial charge in [-0.25, -0.2) is 9.97 Å². The smallest absolute Gasteiger partial charge is 0.396 e. The molecule has 0 aliphatic carbocycles. The molecule has 1 rings (SSSR count). The third kappa shape index (κ3) is 5.60. The molecule has 1 heterocycles. The predicted molar refractivity (Wildman–Crippen MR) is 70.6 cm³/mol. The van der Waals surface area contributed by atoms with Crippen LogP contribution in [0, 0.1) is 0 Å². The Morgan fingerprint density at radius 3 is 2.20 bits per heavy atom. The van der Waals surface area contributed by atoms with Gasteiger partial charge in [0.25, 0.3) is 0 Å². The van der Waals surface area contributed by atoms with Gasteiger partial charge in [-0.05, 0) is 19.3 Å². The Balaban J connectivity index is 2.80. The van der Waals surface area contributed by atoms with Crippen molar-refractivity contribution in [3.05, 3.63) is 11.9 Å². The van der Waals surface area contributed by atoms with E-state index in [9.17, 15) is 13.2 Å². The average molecular weight is 292 g/mol. The van der Waals surface area contributed by atoms with Gasteiger partial charge in [-0.1, -0.05) is 6.92 Å². The molecule has 0 saturated carbocycles. The Kier molecular flexibility index (Phi) is 6.50. The molecule has 0 amide bonds. The lowest BCUT2D eigenvalue weighted by Gasteiger charge is -2.12. The molecule has 0 saturated heterocycles. The summed E-state index contributed by atoms with van der Waals surface area (Å²) in [6.07, 6.45) is -2.55. The van der Waals surface area contributed by atoms with Gasteiger partial charge >= 0.3 is 6.18 Å². The molecule has 0 aliphatic rings. The summed E-state index contributed by atoms with van der Waals surface area (Å²) in [6.45, 7) is 2.95. The van der Waals surface area contributed by atoms with E-state index in [4.69, 9.17) is 5.11 Å². The van der Waals surface area contributed by atoms with Crippen LogP contribution in [-0.2, 0) is 6.18 Å². The minimum Gasteiger partial charge on any atom is -0.396 e. The van der Waals surface area contributed by atoms with E-state index in [0.717, 1.165) is 6.42 Å². The Labute approximate surface area is 115 Å². The minimum absolute atomic E-state index is 0.0581. The topological polar surface area (TPSA) is 70.1 Å². The van der Waals surface area contributed by atoms with Gasteiger partial charge in [-0.2, -0.15) is 13.2 Å². The summed E-state index contributed by atoms with van der Waals surface area (Å²) in [4.78, 5) is 6.92. The lowest BCUT2D eigenvalue weighted by atomic mass is 10.3. The summed E-state index contributed by atoms with van der Waals surface area (Å²) in [7, 11) is 0. The number of hydrogen-bond acceptors (Lipinski definition) is 5. The van der Waals surface area contributed by atoms with Crippen LogP contribution >= 0.6 is 0 Å². The van der Waals surface area contributed by atoms with Crippen LogP contribution in [0.25, 0.3) is 0 Å². The summed E-state index contributed by atoms with van der Waals surface area (Å²) < 4.78 is 38.1. The van der Waals surface area contributed by atoms with Crippen molar-refractivity contribution in [1.29, 1.82) is 0 Å². The standard InChI is InChI=1S/C12H19F3N4O/c1-2-5-16-9-8-10(17-6-3-4-7-20)19-11(18-9)12(13,14)15/h8,20H,2-7H2,1H3,(H2,16,17,18,19). The van der Waals surface area contributed by atoms with Crippen LogP contribution in [0.1, 0.15) is 32.0 Å². The molecule has 0 spiro atoms. The maximum atomic E-state index is 12.7. The number of alkyl halides is 3. The van der Waals surface area contributed by atoms with Crippen molar-refractivity contribution in [2.24, 2.45) is 0 Å². The minimum atomic E-state index is -4.58. The summed E-state index contributed by atoms with van der Waals surface area (Å²) in [5.74, 6) is -0.883. The van der Waals surface area contributed by atoms with E-state index in [1.54, 1.807) is 0 Å². The molecule has 1 aromatic heterocycles. The molecule has 5 nitrogen and oxygen atoms in total. The highest BCUT2D eigenvalue weighted by molar-refractivity contribution is 5.47. The van der Waals surface area contributed by atoms with Crippen LogP contribution in [0.3, 0.4) is 0 Å². The molecular formula is C12H19F3N4O. The maximum absolute atomic E-state index is 12.7. The van der Waals surface area contributed by atoms with Gasteiger partial charge in [0, 0.05) is 25.8 Å². The van der Waals surface area contributed by atoms with Crippen LogP contribution in [0.4, 0.5) is 24.8 Å². The van der Waals surface area contributed by atoms with Crippen molar-refractivity contribution in [3.8, 4) is 0 Å². The third-order valence-electron chi connectivity index (χ3n) is 2.43. The van der Waals surface area contributed by atoms with Crippen molar-refractivity contribution >= 4 is 11.6 Å². The van der Waals surface area contributed by atoms with E-state index < -0.39 is 12.0 Å². The zero-order chi connectivity index (χ0) is 15.0. The first kappa shape index (κ1) is 16.5. The molecule has 3 N–H and O–H groups in total. The van der Waals surface area contributed by atoms with Gasteiger partial charge in [0.05, 0.1) is 0 Å². The third-order valence-corrected chi connectivity index (χ3v) is 2.43. The van der Waals surface area contributed by atoms with Gasteiger partial charge in [-0.15, -0.1) is 0 Å². The fourth-order valence-corrected chi connectivity index (χ4v) is 1.46. The molecule has 20 heavy (non-hydrogen) atoms. The fraction of sp³-hybridized carbons (Fsp3) is 0.667. The van der Waals surface area contributed by atoms with Gasteiger partial charge < -0.3 is 15.7 Å². The largest absolute Gasteiger partial charge is 0.451 e. The van der Waals surface area contributed by atoms with Crippen molar-refractivity contribution in [2.75, 3.05) is 30.3 Å². The highest BCUT2D eigenvalue weighted by atomic mass is 19.4. The molecule has 1 aromatic rings. The van der Waals surface area contributed by atoms with Gasteiger partial charge in [0.1, 0.15) is 11.6 Å². The van der Waals surface area contributed by atoms with Gasteiger partial charge in [0.2, 0.25) is 5.82 Å². The number of nitrogens with one attached hydrogen (secondary N) is 2. The van der Waals surface area contributed by atoms with Crippen molar-refractivity contribution in [1.82, 2.24) is 9.97 Å². The summed E-state index contributed by atoms with van der Waals surface area (Å²) in [5, 5.41) is 14.3. The maximum Gasteiger partial charge on any atom is 0.451 e. The van der Waals surface area contributed by atoms with Crippen molar-refractivity contribution in [3.63, 3.8) is 0 Å². The van der Waals surface area contributed by atoms with Gasteiger partial charge in [0.15, 0.2) is 0 Å². The molecule has 0 aromatic carbocycles. The zero-order valence-electron chi connectivity index (χ0n) is 11.3. The van der Waals surface area contributed by atoms with Crippen LogP contribution in [0.15, 0.2) is 6.07 Å². The number of aliphatic hydroxyl groups excluding tert-OH is 1. The highest BCUT2D eigenvalue weighted by Crippen LogP contribution is 2.28.